The summed E-state index contributed by atoms with van der Waals surface area (Å²) in [6.07, 6.45) is 0.878. The van der Waals surface area contributed by atoms with Gasteiger partial charge in [-0.1, -0.05) is 24.3 Å². The lowest BCUT2D eigenvalue weighted by molar-refractivity contribution is 0.0366. The highest BCUT2D eigenvalue weighted by molar-refractivity contribution is 5.88. The van der Waals surface area contributed by atoms with Crippen molar-refractivity contribution >= 4 is 17.2 Å². The van der Waals surface area contributed by atoms with Gasteiger partial charge in [0.2, 0.25) is 0 Å². The van der Waals surface area contributed by atoms with Crippen molar-refractivity contribution in [3.05, 3.63) is 54.1 Å². The van der Waals surface area contributed by atoms with Crippen LogP contribution in [-0.4, -0.2) is 55.7 Å². The minimum absolute atomic E-state index is 0.691. The molecule has 1 aliphatic heterocycles. The van der Waals surface area contributed by atoms with E-state index in [0.717, 1.165) is 68.1 Å². The number of rotatable bonds is 6. The van der Waals surface area contributed by atoms with E-state index in [1.165, 1.54) is 5.52 Å². The van der Waals surface area contributed by atoms with Crippen molar-refractivity contribution in [1.82, 2.24) is 9.47 Å². The normalized spacial score (nSPS) is 15.1. The summed E-state index contributed by atoms with van der Waals surface area (Å²) in [5, 5.41) is 1.16. The van der Waals surface area contributed by atoms with Gasteiger partial charge in [-0.25, -0.2) is 0 Å². The first kappa shape index (κ1) is 17.8. The fraction of sp³-hybridized carbons (Fsp3) is 0.318. The second-order valence-corrected chi connectivity index (χ2v) is 6.80. The minimum atomic E-state index is 0.691. The standard InChI is InChI=1S/C22H24N2O3/c1-26-20-6-7-21-19(14-20)15-22(18-4-2-17(16-25)3-5-18)24(21)9-8-23-10-12-27-13-11-23/h2-7,14-16H,8-13H2,1H3. The van der Waals surface area contributed by atoms with Gasteiger partial charge in [-0.2, -0.15) is 0 Å². The van der Waals surface area contributed by atoms with Gasteiger partial charge < -0.3 is 14.0 Å². The monoisotopic (exact) mass is 364 g/mol. The lowest BCUT2D eigenvalue weighted by Crippen LogP contribution is -2.38. The topological polar surface area (TPSA) is 43.7 Å². The number of aldehydes is 1. The Kier molecular flexibility index (Phi) is 5.23. The highest BCUT2D eigenvalue weighted by Gasteiger charge is 2.15. The second kappa shape index (κ2) is 7.94. The summed E-state index contributed by atoms with van der Waals surface area (Å²) in [6.45, 7) is 5.47. The van der Waals surface area contributed by atoms with Gasteiger partial charge in [0.05, 0.1) is 20.3 Å². The first-order chi connectivity index (χ1) is 13.3. The Hall–Kier alpha value is -2.63. The van der Waals surface area contributed by atoms with E-state index >= 15 is 0 Å². The van der Waals surface area contributed by atoms with Crippen molar-refractivity contribution in [2.75, 3.05) is 40.0 Å². The summed E-state index contributed by atoms with van der Waals surface area (Å²) in [7, 11) is 1.69. The summed E-state index contributed by atoms with van der Waals surface area (Å²) >= 11 is 0. The first-order valence-corrected chi connectivity index (χ1v) is 9.31. The van der Waals surface area contributed by atoms with Gasteiger partial charge in [0.1, 0.15) is 12.0 Å². The highest BCUT2D eigenvalue weighted by atomic mass is 16.5. The number of hydrogen-bond acceptors (Lipinski definition) is 4. The molecular formula is C22H24N2O3. The number of carbonyl (C=O) groups is 1. The number of hydrogen-bond donors (Lipinski definition) is 0. The number of aromatic nitrogens is 1. The van der Waals surface area contributed by atoms with E-state index in [1.807, 2.05) is 30.3 Å². The number of morpholine rings is 1. The quantitative estimate of drug-likeness (QED) is 0.628. The van der Waals surface area contributed by atoms with Crippen LogP contribution in [0.3, 0.4) is 0 Å². The molecule has 4 rings (SSSR count). The minimum Gasteiger partial charge on any atom is -0.497 e. The van der Waals surface area contributed by atoms with E-state index in [0.29, 0.717) is 5.56 Å². The molecule has 3 aromatic rings. The molecule has 0 bridgehead atoms. The Morgan fingerprint density at radius 1 is 1.04 bits per heavy atom. The van der Waals surface area contributed by atoms with E-state index in [1.54, 1.807) is 7.11 Å². The maximum absolute atomic E-state index is 11.0. The van der Waals surface area contributed by atoms with Gasteiger partial charge in [-0.15, -0.1) is 0 Å². The third kappa shape index (κ3) is 3.75. The molecule has 1 saturated heterocycles. The van der Waals surface area contributed by atoms with Crippen LogP contribution in [0.2, 0.25) is 0 Å². The van der Waals surface area contributed by atoms with E-state index in [2.05, 4.69) is 27.7 Å². The third-order valence-corrected chi connectivity index (χ3v) is 5.19. The lowest BCUT2D eigenvalue weighted by atomic mass is 10.1. The van der Waals surface area contributed by atoms with Crippen molar-refractivity contribution in [1.29, 1.82) is 0 Å². The van der Waals surface area contributed by atoms with Gasteiger partial charge in [-0.05, 0) is 29.8 Å². The number of ether oxygens (including phenoxy) is 2. The molecule has 5 heteroatoms. The maximum atomic E-state index is 11.0. The molecule has 0 radical (unpaired) electrons. The van der Waals surface area contributed by atoms with Crippen molar-refractivity contribution in [3.8, 4) is 17.0 Å². The van der Waals surface area contributed by atoms with E-state index in [-0.39, 0.29) is 0 Å². The molecule has 0 unspecified atom stereocenters. The fourth-order valence-corrected chi connectivity index (χ4v) is 3.65. The zero-order chi connectivity index (χ0) is 18.6. The second-order valence-electron chi connectivity index (χ2n) is 6.80. The van der Waals surface area contributed by atoms with Crippen LogP contribution in [0.4, 0.5) is 0 Å². The van der Waals surface area contributed by atoms with Crippen LogP contribution in [-0.2, 0) is 11.3 Å². The molecule has 1 aromatic heterocycles. The third-order valence-electron chi connectivity index (χ3n) is 5.19. The Bertz CT molecular complexity index is 925. The zero-order valence-corrected chi connectivity index (χ0v) is 15.6. The molecule has 0 N–H and O–H groups in total. The van der Waals surface area contributed by atoms with E-state index < -0.39 is 0 Å². The van der Waals surface area contributed by atoms with Gasteiger partial charge >= 0.3 is 0 Å². The molecule has 27 heavy (non-hydrogen) atoms. The average molecular weight is 364 g/mol. The number of nitrogens with zero attached hydrogens (tertiary/aromatic N) is 2. The number of methoxy groups -OCH3 is 1. The Morgan fingerprint density at radius 2 is 1.81 bits per heavy atom. The molecule has 0 aliphatic carbocycles. The van der Waals surface area contributed by atoms with E-state index in [9.17, 15) is 4.79 Å². The van der Waals surface area contributed by atoms with Crippen LogP contribution in [0.15, 0.2) is 48.5 Å². The van der Waals surface area contributed by atoms with Crippen molar-refractivity contribution in [3.63, 3.8) is 0 Å². The van der Waals surface area contributed by atoms with Gasteiger partial charge in [0.15, 0.2) is 0 Å². The van der Waals surface area contributed by atoms with Gasteiger partial charge in [0.25, 0.3) is 0 Å². The predicted octanol–water partition coefficient (Wildman–Crippen LogP) is 3.46. The summed E-state index contributed by atoms with van der Waals surface area (Å²) in [4.78, 5) is 13.4. The van der Waals surface area contributed by atoms with Gasteiger partial charge in [0, 0.05) is 48.3 Å². The molecule has 1 fully saturated rings. The molecule has 5 nitrogen and oxygen atoms in total. The smallest absolute Gasteiger partial charge is 0.150 e. The summed E-state index contributed by atoms with van der Waals surface area (Å²) in [6, 6.07) is 16.2. The molecule has 0 saturated carbocycles. The SMILES string of the molecule is COc1ccc2c(c1)cc(-c1ccc(C=O)cc1)n2CCN1CCOCC1. The lowest BCUT2D eigenvalue weighted by Gasteiger charge is -2.27. The molecule has 0 atom stereocenters. The molecule has 0 amide bonds. The number of carbonyl (C=O) groups excluding carboxylic acids is 1. The van der Waals surface area contributed by atoms with Crippen molar-refractivity contribution in [2.24, 2.45) is 0 Å². The Labute approximate surface area is 159 Å². The fourth-order valence-electron chi connectivity index (χ4n) is 3.65. The molecule has 140 valence electrons. The summed E-state index contributed by atoms with van der Waals surface area (Å²) in [5.41, 5.74) is 4.15. The largest absolute Gasteiger partial charge is 0.497 e. The van der Waals surface area contributed by atoms with Crippen LogP contribution in [0.1, 0.15) is 10.4 Å². The Balaban J connectivity index is 1.71. The average Bonchev–Trinajstić information content (AvgIpc) is 3.10. The number of benzene rings is 2. The Morgan fingerprint density at radius 3 is 2.52 bits per heavy atom. The van der Waals surface area contributed by atoms with Crippen LogP contribution < -0.4 is 4.74 Å². The first-order valence-electron chi connectivity index (χ1n) is 9.31. The predicted molar refractivity (Wildman–Crippen MR) is 107 cm³/mol. The number of fused-ring (bicyclic) bond motifs is 1. The van der Waals surface area contributed by atoms with Crippen LogP contribution in [0, 0.1) is 0 Å². The zero-order valence-electron chi connectivity index (χ0n) is 15.6. The van der Waals surface area contributed by atoms with Crippen molar-refractivity contribution in [2.45, 2.75) is 6.54 Å². The molecule has 1 aliphatic rings. The molecular weight excluding hydrogens is 340 g/mol. The summed E-state index contributed by atoms with van der Waals surface area (Å²) < 4.78 is 13.2. The highest BCUT2D eigenvalue weighted by Crippen LogP contribution is 2.31. The van der Waals surface area contributed by atoms with E-state index in [4.69, 9.17) is 9.47 Å². The van der Waals surface area contributed by atoms with Crippen molar-refractivity contribution < 1.29 is 14.3 Å². The molecule has 0 spiro atoms. The molecule has 2 heterocycles. The maximum Gasteiger partial charge on any atom is 0.150 e. The van der Waals surface area contributed by atoms with Crippen LogP contribution >= 0.6 is 0 Å². The van der Waals surface area contributed by atoms with Crippen LogP contribution in [0.25, 0.3) is 22.2 Å². The van der Waals surface area contributed by atoms with Gasteiger partial charge in [-0.3, -0.25) is 9.69 Å². The summed E-state index contributed by atoms with van der Waals surface area (Å²) in [5.74, 6) is 0.857. The molecule has 2 aromatic carbocycles. The van der Waals surface area contributed by atoms with Crippen LogP contribution in [0.5, 0.6) is 5.75 Å².